The van der Waals surface area contributed by atoms with E-state index in [9.17, 15) is 0 Å². The minimum absolute atomic E-state index is 0.0482. The summed E-state index contributed by atoms with van der Waals surface area (Å²) in [6.45, 7) is 9.17. The van der Waals surface area contributed by atoms with Gasteiger partial charge in [0.05, 0.1) is 0 Å². The summed E-state index contributed by atoms with van der Waals surface area (Å²) in [6, 6.07) is 12.2. The van der Waals surface area contributed by atoms with Crippen LogP contribution >= 0.6 is 15.9 Å². The van der Waals surface area contributed by atoms with Gasteiger partial charge in [-0.2, -0.15) is 0 Å². The van der Waals surface area contributed by atoms with Crippen molar-refractivity contribution in [3.8, 4) is 5.75 Å². The summed E-state index contributed by atoms with van der Waals surface area (Å²) in [7, 11) is 0. The van der Waals surface area contributed by atoms with Crippen molar-refractivity contribution in [1.82, 2.24) is 0 Å². The number of anilines is 1. The molecule has 0 amide bonds. The molecule has 0 aliphatic heterocycles. The van der Waals surface area contributed by atoms with E-state index in [0.29, 0.717) is 6.61 Å². The summed E-state index contributed by atoms with van der Waals surface area (Å²) in [5.41, 5.74) is 10.3. The molecule has 2 nitrogen and oxygen atoms in total. The first kappa shape index (κ1) is 15.9. The van der Waals surface area contributed by atoms with Crippen LogP contribution in [0.2, 0.25) is 0 Å². The van der Waals surface area contributed by atoms with E-state index < -0.39 is 0 Å². The van der Waals surface area contributed by atoms with Crippen LogP contribution in [0.3, 0.4) is 0 Å². The lowest BCUT2D eigenvalue weighted by Gasteiger charge is -2.23. The lowest BCUT2D eigenvalue weighted by Crippen LogP contribution is -2.14. The van der Waals surface area contributed by atoms with Crippen molar-refractivity contribution < 1.29 is 4.74 Å². The molecule has 112 valence electrons. The van der Waals surface area contributed by atoms with E-state index in [4.69, 9.17) is 10.5 Å². The van der Waals surface area contributed by atoms with Gasteiger partial charge in [0.1, 0.15) is 12.4 Å². The molecule has 0 fully saturated rings. The molecule has 0 unspecified atom stereocenters. The van der Waals surface area contributed by atoms with Crippen LogP contribution in [0.4, 0.5) is 5.69 Å². The molecule has 0 aliphatic carbocycles. The second kappa shape index (κ2) is 6.10. The zero-order valence-electron chi connectivity index (χ0n) is 13.0. The number of aryl methyl sites for hydroxylation is 1. The Labute approximate surface area is 135 Å². The Bertz CT molecular complexity index is 644. The first-order chi connectivity index (χ1) is 9.77. The smallest absolute Gasteiger partial charge is 0.123 e. The minimum Gasteiger partial charge on any atom is -0.489 e. The Hall–Kier alpha value is -1.48. The zero-order chi connectivity index (χ0) is 15.6. The van der Waals surface area contributed by atoms with Gasteiger partial charge in [0.2, 0.25) is 0 Å². The normalized spacial score (nSPS) is 11.5. The quantitative estimate of drug-likeness (QED) is 0.772. The highest BCUT2D eigenvalue weighted by molar-refractivity contribution is 9.10. The molecule has 0 spiro atoms. The molecule has 0 radical (unpaired) electrons. The van der Waals surface area contributed by atoms with Crippen LogP contribution in [0, 0.1) is 6.92 Å². The average molecular weight is 348 g/mol. The number of nitrogens with two attached hydrogens (primary N) is 1. The van der Waals surface area contributed by atoms with Gasteiger partial charge in [0.25, 0.3) is 0 Å². The highest BCUT2D eigenvalue weighted by Gasteiger charge is 2.19. The molecule has 0 saturated carbocycles. The Morgan fingerprint density at radius 1 is 1.10 bits per heavy atom. The predicted molar refractivity (Wildman–Crippen MR) is 92.8 cm³/mol. The van der Waals surface area contributed by atoms with Crippen LogP contribution in [-0.4, -0.2) is 0 Å². The van der Waals surface area contributed by atoms with E-state index in [1.54, 1.807) is 0 Å². The summed E-state index contributed by atoms with van der Waals surface area (Å²) < 4.78 is 7.01. The van der Waals surface area contributed by atoms with Gasteiger partial charge in [-0.05, 0) is 36.1 Å². The number of halogens is 1. The van der Waals surface area contributed by atoms with Gasteiger partial charge in [-0.3, -0.25) is 0 Å². The van der Waals surface area contributed by atoms with Gasteiger partial charge in [-0.1, -0.05) is 60.5 Å². The highest BCUT2D eigenvalue weighted by atomic mass is 79.9. The Morgan fingerprint density at radius 2 is 1.81 bits per heavy atom. The third kappa shape index (κ3) is 4.01. The molecule has 2 N–H and O–H groups in total. The molecule has 3 heteroatoms. The minimum atomic E-state index is 0.0482. The molecule has 0 atom stereocenters. The molecule has 0 saturated heterocycles. The lowest BCUT2D eigenvalue weighted by atomic mass is 9.85. The summed E-state index contributed by atoms with van der Waals surface area (Å²) in [5, 5.41) is 0. The van der Waals surface area contributed by atoms with Gasteiger partial charge in [0, 0.05) is 15.7 Å². The number of nitrogen functional groups attached to an aromatic ring is 1. The number of hydrogen-bond donors (Lipinski definition) is 1. The van der Waals surface area contributed by atoms with Crippen molar-refractivity contribution in [3.63, 3.8) is 0 Å². The van der Waals surface area contributed by atoms with Crippen LogP contribution in [-0.2, 0) is 12.0 Å². The summed E-state index contributed by atoms with van der Waals surface area (Å²) in [4.78, 5) is 0. The molecule has 0 aliphatic rings. The van der Waals surface area contributed by atoms with E-state index in [1.165, 1.54) is 11.1 Å². The maximum Gasteiger partial charge on any atom is 0.123 e. The van der Waals surface area contributed by atoms with Crippen molar-refractivity contribution >= 4 is 21.6 Å². The fourth-order valence-electron chi connectivity index (χ4n) is 2.21. The Morgan fingerprint density at radius 3 is 2.43 bits per heavy atom. The molecule has 0 aromatic heterocycles. The molecular weight excluding hydrogens is 326 g/mol. The van der Waals surface area contributed by atoms with E-state index in [-0.39, 0.29) is 5.41 Å². The topological polar surface area (TPSA) is 35.2 Å². The summed E-state index contributed by atoms with van der Waals surface area (Å²) >= 11 is 3.42. The van der Waals surface area contributed by atoms with Crippen molar-refractivity contribution in [2.24, 2.45) is 0 Å². The monoisotopic (exact) mass is 347 g/mol. The van der Waals surface area contributed by atoms with Crippen molar-refractivity contribution in [2.45, 2.75) is 39.7 Å². The van der Waals surface area contributed by atoms with Crippen LogP contribution in [0.15, 0.2) is 40.9 Å². The summed E-state index contributed by atoms with van der Waals surface area (Å²) in [6.07, 6.45) is 0. The van der Waals surface area contributed by atoms with Gasteiger partial charge in [-0.15, -0.1) is 0 Å². The first-order valence-corrected chi connectivity index (χ1v) is 7.84. The SMILES string of the molecule is Cc1ccc(OCc2ccc(Br)cc2N)c(C(C)(C)C)c1. The van der Waals surface area contributed by atoms with Gasteiger partial charge < -0.3 is 10.5 Å². The zero-order valence-corrected chi connectivity index (χ0v) is 14.6. The van der Waals surface area contributed by atoms with Crippen LogP contribution in [0.5, 0.6) is 5.75 Å². The van der Waals surface area contributed by atoms with Gasteiger partial charge >= 0.3 is 0 Å². The third-order valence-corrected chi connectivity index (χ3v) is 3.93. The number of ether oxygens (including phenoxy) is 1. The highest BCUT2D eigenvalue weighted by Crippen LogP contribution is 2.33. The standard InChI is InChI=1S/C18H22BrNO/c1-12-5-8-17(15(9-12)18(2,3)4)21-11-13-6-7-14(19)10-16(13)20/h5-10H,11,20H2,1-4H3. The largest absolute Gasteiger partial charge is 0.489 e. The molecule has 21 heavy (non-hydrogen) atoms. The van der Waals surface area contributed by atoms with Crippen LogP contribution in [0.1, 0.15) is 37.5 Å². The first-order valence-electron chi connectivity index (χ1n) is 7.05. The van der Waals surface area contributed by atoms with Crippen LogP contribution in [0.25, 0.3) is 0 Å². The molecule has 2 aromatic carbocycles. The van der Waals surface area contributed by atoms with E-state index in [1.807, 2.05) is 24.3 Å². The fraction of sp³-hybridized carbons (Fsp3) is 0.333. The maximum atomic E-state index is 6.03. The molecule has 0 heterocycles. The second-order valence-electron chi connectivity index (χ2n) is 6.38. The van der Waals surface area contributed by atoms with Crippen molar-refractivity contribution in [2.75, 3.05) is 5.73 Å². The molecule has 2 aromatic rings. The van der Waals surface area contributed by atoms with E-state index in [0.717, 1.165) is 21.5 Å². The number of benzene rings is 2. The van der Waals surface area contributed by atoms with E-state index >= 15 is 0 Å². The van der Waals surface area contributed by atoms with Crippen molar-refractivity contribution in [1.29, 1.82) is 0 Å². The van der Waals surface area contributed by atoms with E-state index in [2.05, 4.69) is 55.8 Å². The fourth-order valence-corrected chi connectivity index (χ4v) is 2.59. The third-order valence-electron chi connectivity index (χ3n) is 3.43. The molecular formula is C18H22BrNO. The maximum absolute atomic E-state index is 6.03. The summed E-state index contributed by atoms with van der Waals surface area (Å²) in [5.74, 6) is 0.926. The average Bonchev–Trinajstić information content (AvgIpc) is 2.38. The number of hydrogen-bond acceptors (Lipinski definition) is 2. The van der Waals surface area contributed by atoms with Crippen LogP contribution < -0.4 is 10.5 Å². The lowest BCUT2D eigenvalue weighted by molar-refractivity contribution is 0.298. The molecule has 2 rings (SSSR count). The van der Waals surface area contributed by atoms with Gasteiger partial charge in [-0.25, -0.2) is 0 Å². The Balaban J connectivity index is 2.24. The second-order valence-corrected chi connectivity index (χ2v) is 7.30. The predicted octanol–water partition coefficient (Wildman–Crippen LogP) is 5.22. The Kier molecular flexibility index (Phi) is 4.62. The molecule has 0 bridgehead atoms. The number of rotatable bonds is 3. The van der Waals surface area contributed by atoms with Gasteiger partial charge in [0.15, 0.2) is 0 Å². The van der Waals surface area contributed by atoms with Crippen molar-refractivity contribution in [3.05, 3.63) is 57.6 Å².